The highest BCUT2D eigenvalue weighted by atomic mass is 35.5. The van der Waals surface area contributed by atoms with E-state index in [0.29, 0.717) is 6.42 Å². The topological polar surface area (TPSA) is 61.6 Å². The molecule has 146 valence electrons. The van der Waals surface area contributed by atoms with E-state index < -0.39 is 0 Å². The number of rotatable bonds is 7. The van der Waals surface area contributed by atoms with Crippen molar-refractivity contribution >= 4 is 43.1 Å². The van der Waals surface area contributed by atoms with E-state index in [1.54, 1.807) is 0 Å². The molecular formula is C17H31Cl3N4O. The second kappa shape index (κ2) is 14.6. The predicted octanol–water partition coefficient (Wildman–Crippen LogP) is 2.10. The Bertz CT molecular complexity index is 456. The van der Waals surface area contributed by atoms with Crippen molar-refractivity contribution in [2.24, 2.45) is 5.73 Å². The number of nitrogens with one attached hydrogen (secondary N) is 1. The minimum atomic E-state index is -0.223. The van der Waals surface area contributed by atoms with Crippen LogP contribution >= 0.6 is 37.2 Å². The molecule has 1 aliphatic rings. The Labute approximate surface area is 169 Å². The van der Waals surface area contributed by atoms with Gasteiger partial charge >= 0.3 is 0 Å². The standard InChI is InChI=1S/C17H28N4O.3ClH/c1-20-10-12-21(13-11-20)9-5-8-19-17(22)14-16(18)15-6-3-2-4-7-15;;;/h2-4,6-7,16H,5,8-14,18H2,1H3,(H,19,22);3*1H. The van der Waals surface area contributed by atoms with Crippen molar-refractivity contribution in [2.45, 2.75) is 18.9 Å². The van der Waals surface area contributed by atoms with Gasteiger partial charge in [0, 0.05) is 45.2 Å². The predicted molar refractivity (Wildman–Crippen MR) is 111 cm³/mol. The first-order valence-corrected chi connectivity index (χ1v) is 8.13. The maximum Gasteiger partial charge on any atom is 0.221 e. The summed E-state index contributed by atoms with van der Waals surface area (Å²) >= 11 is 0. The van der Waals surface area contributed by atoms with Gasteiger partial charge in [0.15, 0.2) is 0 Å². The molecule has 3 N–H and O–H groups in total. The second-order valence-corrected chi connectivity index (χ2v) is 6.07. The van der Waals surface area contributed by atoms with Gasteiger partial charge in [0.05, 0.1) is 0 Å². The quantitative estimate of drug-likeness (QED) is 0.672. The number of nitrogens with zero attached hydrogens (tertiary/aromatic N) is 2. The van der Waals surface area contributed by atoms with E-state index in [1.165, 1.54) is 0 Å². The maximum absolute atomic E-state index is 11.9. The zero-order chi connectivity index (χ0) is 15.8. The van der Waals surface area contributed by atoms with Crippen LogP contribution in [-0.2, 0) is 4.79 Å². The van der Waals surface area contributed by atoms with Gasteiger partial charge in [-0.2, -0.15) is 0 Å². The van der Waals surface area contributed by atoms with Gasteiger partial charge in [-0.1, -0.05) is 30.3 Å². The third kappa shape index (κ3) is 10.2. The number of benzene rings is 1. The Morgan fingerprint density at radius 3 is 2.32 bits per heavy atom. The van der Waals surface area contributed by atoms with Gasteiger partial charge < -0.3 is 20.9 Å². The summed E-state index contributed by atoms with van der Waals surface area (Å²) < 4.78 is 0. The molecule has 1 aromatic carbocycles. The Kier molecular flexibility index (Phi) is 15.6. The molecule has 1 fully saturated rings. The number of carbonyl (C=O) groups excluding carboxylic acids is 1. The normalized spacial score (nSPS) is 15.9. The first-order chi connectivity index (χ1) is 10.6. The number of hydrogen-bond acceptors (Lipinski definition) is 4. The van der Waals surface area contributed by atoms with E-state index in [4.69, 9.17) is 5.73 Å². The average molecular weight is 414 g/mol. The molecule has 0 aromatic heterocycles. The fourth-order valence-corrected chi connectivity index (χ4v) is 2.69. The lowest BCUT2D eigenvalue weighted by Crippen LogP contribution is -2.45. The van der Waals surface area contributed by atoms with E-state index in [-0.39, 0.29) is 49.2 Å². The van der Waals surface area contributed by atoms with Gasteiger partial charge in [-0.25, -0.2) is 0 Å². The van der Waals surface area contributed by atoms with Crippen molar-refractivity contribution in [3.63, 3.8) is 0 Å². The van der Waals surface area contributed by atoms with E-state index >= 15 is 0 Å². The summed E-state index contributed by atoms with van der Waals surface area (Å²) in [5.74, 6) is 0.0368. The van der Waals surface area contributed by atoms with Gasteiger partial charge in [-0.15, -0.1) is 37.2 Å². The smallest absolute Gasteiger partial charge is 0.221 e. The van der Waals surface area contributed by atoms with Crippen LogP contribution in [0.15, 0.2) is 30.3 Å². The maximum atomic E-state index is 11.9. The largest absolute Gasteiger partial charge is 0.356 e. The number of likely N-dealkylation sites (N-methyl/N-ethyl adjacent to an activating group) is 1. The third-order valence-corrected chi connectivity index (χ3v) is 4.20. The molecule has 1 heterocycles. The molecule has 1 atom stereocenters. The molecular weight excluding hydrogens is 383 g/mol. The Morgan fingerprint density at radius 2 is 1.72 bits per heavy atom. The number of halogens is 3. The summed E-state index contributed by atoms with van der Waals surface area (Å²) in [7, 11) is 2.16. The highest BCUT2D eigenvalue weighted by Gasteiger charge is 2.14. The van der Waals surface area contributed by atoms with Crippen LogP contribution in [-0.4, -0.2) is 62.0 Å². The first-order valence-electron chi connectivity index (χ1n) is 8.13. The summed E-state index contributed by atoms with van der Waals surface area (Å²) in [6.45, 7) is 6.31. The fraction of sp³-hybridized carbons (Fsp3) is 0.588. The molecule has 1 unspecified atom stereocenters. The second-order valence-electron chi connectivity index (χ2n) is 6.07. The lowest BCUT2D eigenvalue weighted by atomic mass is 10.0. The number of amides is 1. The van der Waals surface area contributed by atoms with Crippen LogP contribution in [0.4, 0.5) is 0 Å². The summed E-state index contributed by atoms with van der Waals surface area (Å²) in [5, 5.41) is 2.98. The summed E-state index contributed by atoms with van der Waals surface area (Å²) in [5.41, 5.74) is 7.07. The molecule has 25 heavy (non-hydrogen) atoms. The van der Waals surface area contributed by atoms with Crippen LogP contribution in [0, 0.1) is 0 Å². The van der Waals surface area contributed by atoms with Crippen LogP contribution < -0.4 is 11.1 Å². The zero-order valence-electron chi connectivity index (χ0n) is 14.7. The van der Waals surface area contributed by atoms with E-state index in [9.17, 15) is 4.79 Å². The third-order valence-electron chi connectivity index (χ3n) is 4.20. The molecule has 0 spiro atoms. The molecule has 1 saturated heterocycles. The Balaban J connectivity index is 0. The Hall–Kier alpha value is -0.560. The molecule has 0 aliphatic carbocycles. The average Bonchev–Trinajstić information content (AvgIpc) is 2.54. The molecule has 1 aromatic rings. The zero-order valence-corrected chi connectivity index (χ0v) is 17.2. The molecule has 0 radical (unpaired) electrons. The van der Waals surface area contributed by atoms with Gasteiger partial charge in [-0.3, -0.25) is 4.79 Å². The molecule has 0 saturated carbocycles. The van der Waals surface area contributed by atoms with Gasteiger partial charge in [0.25, 0.3) is 0 Å². The lowest BCUT2D eigenvalue weighted by molar-refractivity contribution is -0.121. The lowest BCUT2D eigenvalue weighted by Gasteiger charge is -2.32. The van der Waals surface area contributed by atoms with Crippen LogP contribution in [0.25, 0.3) is 0 Å². The fourth-order valence-electron chi connectivity index (χ4n) is 2.69. The Morgan fingerprint density at radius 1 is 1.12 bits per heavy atom. The van der Waals surface area contributed by atoms with Crippen LogP contribution in [0.2, 0.25) is 0 Å². The molecule has 8 heteroatoms. The van der Waals surface area contributed by atoms with Gasteiger partial charge in [0.1, 0.15) is 0 Å². The highest BCUT2D eigenvalue weighted by molar-refractivity contribution is 5.86. The number of hydrogen-bond donors (Lipinski definition) is 2. The number of piperazine rings is 1. The molecule has 2 rings (SSSR count). The van der Waals surface area contributed by atoms with Crippen molar-refractivity contribution in [1.82, 2.24) is 15.1 Å². The molecule has 1 aliphatic heterocycles. The molecule has 0 bridgehead atoms. The van der Waals surface area contributed by atoms with E-state index in [2.05, 4.69) is 22.2 Å². The molecule has 5 nitrogen and oxygen atoms in total. The summed E-state index contributed by atoms with van der Waals surface area (Å²) in [4.78, 5) is 16.7. The SMILES string of the molecule is CN1CCN(CCCNC(=O)CC(N)c2ccccc2)CC1.Cl.Cl.Cl. The summed E-state index contributed by atoms with van der Waals surface area (Å²) in [6.07, 6.45) is 1.34. The number of nitrogens with two attached hydrogens (primary N) is 1. The van der Waals surface area contributed by atoms with Crippen molar-refractivity contribution in [1.29, 1.82) is 0 Å². The van der Waals surface area contributed by atoms with Crippen LogP contribution in [0.3, 0.4) is 0 Å². The molecule has 1 amide bonds. The van der Waals surface area contributed by atoms with Crippen molar-refractivity contribution < 1.29 is 4.79 Å². The van der Waals surface area contributed by atoms with Crippen LogP contribution in [0.5, 0.6) is 0 Å². The van der Waals surface area contributed by atoms with Crippen LogP contribution in [0.1, 0.15) is 24.4 Å². The minimum Gasteiger partial charge on any atom is -0.356 e. The van der Waals surface area contributed by atoms with Crippen molar-refractivity contribution in [3.8, 4) is 0 Å². The highest BCUT2D eigenvalue weighted by Crippen LogP contribution is 2.12. The van der Waals surface area contributed by atoms with E-state index in [0.717, 1.165) is 51.3 Å². The van der Waals surface area contributed by atoms with Crippen molar-refractivity contribution in [3.05, 3.63) is 35.9 Å². The first kappa shape index (κ1) is 26.7. The van der Waals surface area contributed by atoms with Gasteiger partial charge in [0.2, 0.25) is 5.91 Å². The van der Waals surface area contributed by atoms with Gasteiger partial charge in [-0.05, 0) is 25.6 Å². The monoisotopic (exact) mass is 412 g/mol. The minimum absolute atomic E-state index is 0. The number of carbonyl (C=O) groups is 1. The van der Waals surface area contributed by atoms with E-state index in [1.807, 2.05) is 30.3 Å². The summed E-state index contributed by atoms with van der Waals surface area (Å²) in [6, 6.07) is 9.55. The van der Waals surface area contributed by atoms with Crippen molar-refractivity contribution in [2.75, 3.05) is 46.3 Å².